The van der Waals surface area contributed by atoms with Crippen LogP contribution in [0, 0.1) is 17.9 Å². The molecule has 1 radical (unpaired) electrons. The van der Waals surface area contributed by atoms with E-state index < -0.39 is 16.1 Å². The topological polar surface area (TPSA) is 63.3 Å². The largest absolute Gasteiger partial charge is 0.512 e. The Morgan fingerprint density at radius 3 is 2.00 bits per heavy atom. The van der Waals surface area contributed by atoms with Crippen molar-refractivity contribution in [1.82, 2.24) is 4.98 Å². The zero-order chi connectivity index (χ0) is 36.1. The van der Waals surface area contributed by atoms with Crippen molar-refractivity contribution < 1.29 is 34.4 Å². The first-order chi connectivity index (χ1) is 23.0. The van der Waals surface area contributed by atoms with Gasteiger partial charge in [0, 0.05) is 51.5 Å². The van der Waals surface area contributed by atoms with Crippen molar-refractivity contribution in [3.05, 3.63) is 77.6 Å². The summed E-state index contributed by atoms with van der Waals surface area (Å²) in [4.78, 5) is 17.0. The molecule has 2 heterocycles. The fourth-order valence-electron chi connectivity index (χ4n) is 7.48. The van der Waals surface area contributed by atoms with Gasteiger partial charge in [-0.05, 0) is 59.0 Å². The smallest absolute Gasteiger partial charge is 0.162 e. The Balaban J connectivity index is 0.000000301. The van der Waals surface area contributed by atoms with Gasteiger partial charge in [0.25, 0.3) is 0 Å². The van der Waals surface area contributed by atoms with Gasteiger partial charge in [-0.2, -0.15) is 0 Å². The van der Waals surface area contributed by atoms with E-state index in [2.05, 4.69) is 108 Å². The van der Waals surface area contributed by atoms with E-state index >= 15 is 0 Å². The van der Waals surface area contributed by atoms with Gasteiger partial charge in [-0.15, -0.1) is 17.7 Å². The minimum absolute atomic E-state index is 0. The fourth-order valence-corrected chi connectivity index (χ4v) is 10.3. The number of hydrogen-bond acceptors (Lipinski definition) is 4. The molecule has 0 aliphatic heterocycles. The van der Waals surface area contributed by atoms with Crippen LogP contribution in [0.4, 0.5) is 0 Å². The number of allylic oxidation sites excluding steroid dienone is 2. The number of fused-ring (bicyclic) bond motifs is 3. The molecule has 0 unspecified atom stereocenters. The summed E-state index contributed by atoms with van der Waals surface area (Å²) in [5.74, 6) is 0.547. The number of aliphatic hydroxyl groups excluding tert-OH is 1. The molecule has 5 aromatic rings. The third kappa shape index (κ3) is 7.26. The number of carbonyl (C=O) groups excluding carboxylic acids is 1. The van der Waals surface area contributed by atoms with Crippen LogP contribution in [-0.4, -0.2) is 32.0 Å². The third-order valence-corrected chi connectivity index (χ3v) is 14.7. The van der Waals surface area contributed by atoms with E-state index in [9.17, 15) is 9.90 Å². The van der Waals surface area contributed by atoms with Crippen molar-refractivity contribution in [2.45, 2.75) is 112 Å². The van der Waals surface area contributed by atoms with Gasteiger partial charge in [-0.25, -0.2) is 0 Å². The number of carbonyl (C=O) groups is 1. The molecule has 4 nitrogen and oxygen atoms in total. The molecular weight excluding hydrogens is 827 g/mol. The molecular formula is C43H56IrNO3Si2-. The second-order valence-corrected chi connectivity index (χ2v) is 26.5. The van der Waals surface area contributed by atoms with Gasteiger partial charge in [0.2, 0.25) is 0 Å². The molecule has 0 fully saturated rings. The average molecular weight is 883 g/mol. The van der Waals surface area contributed by atoms with Gasteiger partial charge in [-0.1, -0.05) is 133 Å². The Morgan fingerprint density at radius 1 is 0.840 bits per heavy atom. The zero-order valence-electron chi connectivity index (χ0n) is 32.2. The first-order valence-corrected chi connectivity index (χ1v) is 25.3. The van der Waals surface area contributed by atoms with Crippen LogP contribution < -0.4 is 10.4 Å². The molecule has 0 saturated heterocycles. The van der Waals surface area contributed by atoms with Gasteiger partial charge in [-0.3, -0.25) is 9.78 Å². The summed E-state index contributed by atoms with van der Waals surface area (Å²) < 4.78 is 6.94. The molecule has 1 aliphatic carbocycles. The monoisotopic (exact) mass is 883 g/mol. The summed E-state index contributed by atoms with van der Waals surface area (Å²) in [5, 5.41) is 16.2. The quantitative estimate of drug-likeness (QED) is 0.0693. The summed E-state index contributed by atoms with van der Waals surface area (Å²) in [7, 11) is -3.29. The molecule has 1 N–H and O–H groups in total. The van der Waals surface area contributed by atoms with Crippen LogP contribution in [0.25, 0.3) is 44.1 Å². The van der Waals surface area contributed by atoms with E-state index in [4.69, 9.17) is 9.40 Å². The predicted molar refractivity (Wildman–Crippen MR) is 215 cm³/mol. The van der Waals surface area contributed by atoms with Crippen molar-refractivity contribution in [1.29, 1.82) is 0 Å². The summed E-state index contributed by atoms with van der Waals surface area (Å²) >= 11 is 0. The standard InChI is InChI=1S/C30H32NOSi2.C13H24O2.Ir/c1-30(2)20-14-16-24(34(6,7)8)29-26(20)25-19(13-15-23(28(25)32-29)33(3,4)5)27-21(30)17-18-11-9-10-12-22(18)31-27;1-5-10(6-2)12(14)9-13(15)11(7-3)8-4;/h9-12,14-17H,1-8H3;9-11,14H,5-8H2,1-4H3;/q-1;;/b;12-9-;. The molecule has 1 aliphatic rings. The molecule has 7 heteroatoms. The Kier molecular flexibility index (Phi) is 12.0. The number of para-hydroxylation sites is 1. The summed E-state index contributed by atoms with van der Waals surface area (Å²) in [6.45, 7) is 27.2. The molecule has 0 spiro atoms. The van der Waals surface area contributed by atoms with Crippen LogP contribution in [0.3, 0.4) is 0 Å². The minimum Gasteiger partial charge on any atom is -0.512 e. The summed E-state index contributed by atoms with van der Waals surface area (Å²) in [6, 6.07) is 21.5. The maximum Gasteiger partial charge on any atom is 0.162 e. The number of furan rings is 1. The Hall–Kier alpha value is -2.84. The third-order valence-electron chi connectivity index (χ3n) is 10.7. The molecule has 269 valence electrons. The van der Waals surface area contributed by atoms with E-state index in [1.807, 2.05) is 27.7 Å². The molecule has 2 aromatic heterocycles. The molecule has 6 rings (SSSR count). The molecule has 0 atom stereocenters. The van der Waals surface area contributed by atoms with Crippen LogP contribution in [0.1, 0.15) is 78.4 Å². The van der Waals surface area contributed by atoms with E-state index in [1.165, 1.54) is 43.7 Å². The first-order valence-electron chi connectivity index (χ1n) is 18.3. The maximum atomic E-state index is 11.7. The number of pyridine rings is 1. The Labute approximate surface area is 315 Å². The Bertz CT molecular complexity index is 2050. The number of nitrogens with zero attached hydrogens (tertiary/aromatic N) is 1. The number of aromatic nitrogens is 1. The number of hydrogen-bond donors (Lipinski definition) is 1. The van der Waals surface area contributed by atoms with Crippen LogP contribution in [0.15, 0.2) is 64.8 Å². The van der Waals surface area contributed by atoms with Crippen molar-refractivity contribution in [2.75, 3.05) is 0 Å². The summed E-state index contributed by atoms with van der Waals surface area (Å²) in [6.07, 6.45) is 4.91. The van der Waals surface area contributed by atoms with E-state index in [0.29, 0.717) is 0 Å². The normalized spacial score (nSPS) is 14.2. The molecule has 3 aromatic carbocycles. The zero-order valence-corrected chi connectivity index (χ0v) is 36.6. The van der Waals surface area contributed by atoms with Gasteiger partial charge in [0.1, 0.15) is 5.58 Å². The fraction of sp³-hybridized carbons (Fsp3) is 0.442. The van der Waals surface area contributed by atoms with E-state index in [1.54, 1.807) is 0 Å². The van der Waals surface area contributed by atoms with Crippen LogP contribution >= 0.6 is 0 Å². The van der Waals surface area contributed by atoms with Gasteiger partial charge in [0.15, 0.2) is 5.78 Å². The first kappa shape index (κ1) is 39.9. The molecule has 0 amide bonds. The predicted octanol–water partition coefficient (Wildman–Crippen LogP) is 11.2. The van der Waals surface area contributed by atoms with E-state index in [0.717, 1.165) is 53.6 Å². The number of rotatable bonds is 9. The van der Waals surface area contributed by atoms with Crippen LogP contribution in [-0.2, 0) is 30.3 Å². The van der Waals surface area contributed by atoms with Crippen molar-refractivity contribution in [3.8, 4) is 11.3 Å². The van der Waals surface area contributed by atoms with Gasteiger partial charge >= 0.3 is 0 Å². The van der Waals surface area contributed by atoms with Crippen molar-refractivity contribution in [3.63, 3.8) is 0 Å². The van der Waals surface area contributed by atoms with Crippen molar-refractivity contribution >= 4 is 65.1 Å². The SMILES string of the molecule is CC1(C)c2cc3ccccc3nc2-c2[c-]cc([Si](C)(C)C)c3oc4c([Si](C)(C)C)ccc1c4c23.CCC(CC)C(=O)/C=C(\O)C(CC)CC.[Ir]. The van der Waals surface area contributed by atoms with Crippen molar-refractivity contribution in [2.24, 2.45) is 11.8 Å². The van der Waals surface area contributed by atoms with E-state index in [-0.39, 0.29) is 48.9 Å². The molecule has 0 bridgehead atoms. The minimum atomic E-state index is -1.66. The summed E-state index contributed by atoms with van der Waals surface area (Å²) in [5.41, 5.74) is 7.71. The Morgan fingerprint density at radius 2 is 1.42 bits per heavy atom. The molecule has 0 saturated carbocycles. The van der Waals surface area contributed by atoms with Crippen LogP contribution in [0.5, 0.6) is 0 Å². The number of benzene rings is 3. The molecule has 50 heavy (non-hydrogen) atoms. The second-order valence-electron chi connectivity index (χ2n) is 16.4. The van der Waals surface area contributed by atoms with Gasteiger partial charge in [0.05, 0.1) is 24.9 Å². The second kappa shape index (κ2) is 15.0. The number of aliphatic hydroxyl groups is 1. The van der Waals surface area contributed by atoms with Gasteiger partial charge < -0.3 is 9.52 Å². The maximum absolute atomic E-state index is 11.7. The average Bonchev–Trinajstić information content (AvgIpc) is 3.40. The van der Waals surface area contributed by atoms with Crippen LogP contribution in [0.2, 0.25) is 39.3 Å². The number of ketones is 1.